The van der Waals surface area contributed by atoms with Crippen molar-refractivity contribution in [2.45, 2.75) is 26.0 Å². The summed E-state index contributed by atoms with van der Waals surface area (Å²) in [5.74, 6) is -0.486. The molecule has 1 atom stereocenters. The molecule has 0 aromatic heterocycles. The summed E-state index contributed by atoms with van der Waals surface area (Å²) in [5.41, 5.74) is 3.03. The van der Waals surface area contributed by atoms with Crippen LogP contribution >= 0.6 is 0 Å². The third-order valence-electron chi connectivity index (χ3n) is 4.25. The Morgan fingerprint density at radius 1 is 1.31 bits per heavy atom. The molecule has 26 heavy (non-hydrogen) atoms. The molecule has 2 aromatic carbocycles. The van der Waals surface area contributed by atoms with E-state index in [0.717, 1.165) is 11.1 Å². The Bertz CT molecular complexity index is 1010. The molecule has 0 fully saturated rings. The van der Waals surface area contributed by atoms with Crippen LogP contribution in [0.3, 0.4) is 0 Å². The first-order valence-electron chi connectivity index (χ1n) is 8.08. The van der Waals surface area contributed by atoms with Crippen LogP contribution in [0.5, 0.6) is 0 Å². The summed E-state index contributed by atoms with van der Waals surface area (Å²) in [4.78, 5) is 12.3. The van der Waals surface area contributed by atoms with Gasteiger partial charge in [0, 0.05) is 6.04 Å². The standard InChI is InChI=1S/C19H18N2O4S/c1-13-8-17-10-16(6-7-18(17)21(13)26(2,23)24)19(22)25-12-15-5-3-4-14(9-15)11-20/h3-7,9-10,13H,8,12H2,1-2H3. The van der Waals surface area contributed by atoms with Crippen LogP contribution in [0.25, 0.3) is 0 Å². The van der Waals surface area contributed by atoms with Crippen LogP contribution in [0.15, 0.2) is 42.5 Å². The van der Waals surface area contributed by atoms with Crippen molar-refractivity contribution in [2.75, 3.05) is 10.6 Å². The van der Waals surface area contributed by atoms with Crippen LogP contribution in [-0.4, -0.2) is 26.7 Å². The number of ether oxygens (including phenoxy) is 1. The summed E-state index contributed by atoms with van der Waals surface area (Å²) in [6.45, 7) is 1.90. The SMILES string of the molecule is CC1Cc2cc(C(=O)OCc3cccc(C#N)c3)ccc2N1S(C)(=O)=O. The third kappa shape index (κ3) is 3.55. The second-order valence-electron chi connectivity index (χ2n) is 6.34. The average Bonchev–Trinajstić information content (AvgIpc) is 2.94. The number of hydrogen-bond acceptors (Lipinski definition) is 5. The van der Waals surface area contributed by atoms with E-state index in [0.29, 0.717) is 23.2 Å². The van der Waals surface area contributed by atoms with Gasteiger partial charge >= 0.3 is 5.97 Å². The Morgan fingerprint density at radius 2 is 2.08 bits per heavy atom. The molecule has 0 radical (unpaired) electrons. The van der Waals surface area contributed by atoms with Gasteiger partial charge < -0.3 is 4.74 Å². The van der Waals surface area contributed by atoms with Crippen LogP contribution in [0, 0.1) is 11.3 Å². The number of anilines is 1. The van der Waals surface area contributed by atoms with Crippen LogP contribution in [0.4, 0.5) is 5.69 Å². The Hall–Kier alpha value is -2.85. The molecule has 134 valence electrons. The van der Waals surface area contributed by atoms with Gasteiger partial charge in [-0.15, -0.1) is 0 Å². The first-order chi connectivity index (χ1) is 12.3. The van der Waals surface area contributed by atoms with E-state index in [9.17, 15) is 13.2 Å². The topological polar surface area (TPSA) is 87.5 Å². The average molecular weight is 370 g/mol. The van der Waals surface area contributed by atoms with Gasteiger partial charge in [-0.25, -0.2) is 13.2 Å². The second kappa shape index (κ2) is 6.81. The Balaban J connectivity index is 1.76. The lowest BCUT2D eigenvalue weighted by molar-refractivity contribution is 0.0472. The summed E-state index contributed by atoms with van der Waals surface area (Å²) in [7, 11) is -3.36. The Morgan fingerprint density at radius 3 is 2.77 bits per heavy atom. The minimum atomic E-state index is -3.36. The van der Waals surface area contributed by atoms with Crippen molar-refractivity contribution in [1.82, 2.24) is 0 Å². The highest BCUT2D eigenvalue weighted by Gasteiger charge is 2.32. The molecule has 1 aliphatic heterocycles. The number of fused-ring (bicyclic) bond motifs is 1. The van der Waals surface area contributed by atoms with Crippen LogP contribution in [-0.2, 0) is 27.8 Å². The molecular formula is C19H18N2O4S. The Labute approximate surface area is 152 Å². The van der Waals surface area contributed by atoms with E-state index in [-0.39, 0.29) is 12.6 Å². The molecule has 0 amide bonds. The third-order valence-corrected chi connectivity index (χ3v) is 5.52. The highest BCUT2D eigenvalue weighted by atomic mass is 32.2. The fourth-order valence-electron chi connectivity index (χ4n) is 3.20. The lowest BCUT2D eigenvalue weighted by Crippen LogP contribution is -2.34. The van der Waals surface area contributed by atoms with Gasteiger partial charge in [-0.3, -0.25) is 4.31 Å². The highest BCUT2D eigenvalue weighted by molar-refractivity contribution is 7.92. The zero-order chi connectivity index (χ0) is 18.9. The zero-order valence-corrected chi connectivity index (χ0v) is 15.3. The number of hydrogen-bond donors (Lipinski definition) is 0. The van der Waals surface area contributed by atoms with E-state index >= 15 is 0 Å². The van der Waals surface area contributed by atoms with Crippen molar-refractivity contribution in [3.8, 4) is 6.07 Å². The molecule has 2 aromatic rings. The molecular weight excluding hydrogens is 352 g/mol. The fraction of sp³-hybridized carbons (Fsp3) is 0.263. The van der Waals surface area contributed by atoms with Crippen molar-refractivity contribution in [2.24, 2.45) is 0 Å². The number of benzene rings is 2. The lowest BCUT2D eigenvalue weighted by atomic mass is 10.1. The first kappa shape index (κ1) is 18.0. The van der Waals surface area contributed by atoms with E-state index in [1.165, 1.54) is 10.6 Å². The van der Waals surface area contributed by atoms with Gasteiger partial charge in [-0.1, -0.05) is 12.1 Å². The highest BCUT2D eigenvalue weighted by Crippen LogP contribution is 2.34. The maximum atomic E-state index is 12.3. The molecule has 1 heterocycles. The minimum absolute atomic E-state index is 0.0668. The number of esters is 1. The van der Waals surface area contributed by atoms with Gasteiger partial charge in [-0.2, -0.15) is 5.26 Å². The molecule has 7 heteroatoms. The van der Waals surface area contributed by atoms with Gasteiger partial charge in [-0.05, 0) is 54.8 Å². The van der Waals surface area contributed by atoms with Gasteiger partial charge in [0.1, 0.15) is 6.61 Å². The molecule has 0 saturated heterocycles. The maximum absolute atomic E-state index is 12.3. The predicted octanol–water partition coefficient (Wildman–Crippen LogP) is 2.63. The van der Waals surface area contributed by atoms with E-state index < -0.39 is 16.0 Å². The number of rotatable bonds is 4. The van der Waals surface area contributed by atoms with Gasteiger partial charge in [0.25, 0.3) is 0 Å². The number of carbonyl (C=O) groups excluding carboxylic acids is 1. The zero-order valence-electron chi connectivity index (χ0n) is 14.5. The number of nitriles is 1. The molecule has 0 aliphatic carbocycles. The molecule has 1 unspecified atom stereocenters. The van der Waals surface area contributed by atoms with Crippen molar-refractivity contribution >= 4 is 21.7 Å². The van der Waals surface area contributed by atoms with Crippen molar-refractivity contribution in [3.63, 3.8) is 0 Å². The van der Waals surface area contributed by atoms with E-state index in [1.807, 2.05) is 13.0 Å². The minimum Gasteiger partial charge on any atom is -0.457 e. The predicted molar refractivity (Wildman–Crippen MR) is 97.2 cm³/mol. The second-order valence-corrected chi connectivity index (χ2v) is 8.20. The monoisotopic (exact) mass is 370 g/mol. The van der Waals surface area contributed by atoms with Crippen molar-refractivity contribution in [1.29, 1.82) is 5.26 Å². The van der Waals surface area contributed by atoms with E-state index in [4.69, 9.17) is 10.00 Å². The van der Waals surface area contributed by atoms with Gasteiger partial charge in [0.2, 0.25) is 10.0 Å². The summed E-state index contributed by atoms with van der Waals surface area (Å²) in [5, 5.41) is 8.90. The number of sulfonamides is 1. The normalized spacial score (nSPS) is 16.0. The molecule has 1 aliphatic rings. The Kier molecular flexibility index (Phi) is 4.70. The molecule has 3 rings (SSSR count). The molecule has 0 N–H and O–H groups in total. The van der Waals surface area contributed by atoms with E-state index in [1.54, 1.807) is 42.5 Å². The molecule has 0 spiro atoms. The van der Waals surface area contributed by atoms with E-state index in [2.05, 4.69) is 0 Å². The summed E-state index contributed by atoms with van der Waals surface area (Å²) in [6, 6.07) is 13.6. The van der Waals surface area contributed by atoms with Crippen LogP contribution in [0.1, 0.15) is 34.0 Å². The largest absolute Gasteiger partial charge is 0.457 e. The maximum Gasteiger partial charge on any atom is 0.338 e. The molecule has 0 saturated carbocycles. The number of nitrogens with zero attached hydrogens (tertiary/aromatic N) is 2. The van der Waals surface area contributed by atoms with Gasteiger partial charge in [0.15, 0.2) is 0 Å². The van der Waals surface area contributed by atoms with Crippen LogP contribution in [0.2, 0.25) is 0 Å². The molecule has 6 nitrogen and oxygen atoms in total. The smallest absolute Gasteiger partial charge is 0.338 e. The van der Waals surface area contributed by atoms with Crippen LogP contribution < -0.4 is 4.31 Å². The summed E-state index contributed by atoms with van der Waals surface area (Å²) in [6.07, 6.45) is 1.73. The lowest BCUT2D eigenvalue weighted by Gasteiger charge is -2.21. The van der Waals surface area contributed by atoms with Crippen molar-refractivity contribution in [3.05, 3.63) is 64.7 Å². The summed E-state index contributed by atoms with van der Waals surface area (Å²) < 4.78 is 30.6. The number of carbonyl (C=O) groups is 1. The quantitative estimate of drug-likeness (QED) is 0.772. The van der Waals surface area contributed by atoms with Crippen molar-refractivity contribution < 1.29 is 17.9 Å². The summed E-state index contributed by atoms with van der Waals surface area (Å²) >= 11 is 0. The fourth-order valence-corrected chi connectivity index (χ4v) is 4.46. The molecule has 0 bridgehead atoms. The van der Waals surface area contributed by atoms with Gasteiger partial charge in [0.05, 0.1) is 29.1 Å². The first-order valence-corrected chi connectivity index (χ1v) is 9.93.